The van der Waals surface area contributed by atoms with Gasteiger partial charge in [-0.15, -0.1) is 0 Å². The van der Waals surface area contributed by atoms with Crippen molar-refractivity contribution in [2.45, 2.75) is 19.8 Å². The molecule has 110 valence electrons. The molecule has 0 saturated carbocycles. The van der Waals surface area contributed by atoms with Crippen molar-refractivity contribution >= 4 is 11.6 Å². The Labute approximate surface area is 116 Å². The number of carbonyl (C=O) groups excluding carboxylic acids is 1. The van der Waals surface area contributed by atoms with Crippen LogP contribution in [0.15, 0.2) is 18.2 Å². The van der Waals surface area contributed by atoms with E-state index in [-0.39, 0.29) is 17.8 Å². The van der Waals surface area contributed by atoms with Gasteiger partial charge in [-0.25, -0.2) is 4.39 Å². The first-order valence-electron chi connectivity index (χ1n) is 6.36. The standard InChI is InChI=1S/C13H17FN2O4/c1-2-3-7-20-8-6-15-13(17)11-9-10(16(18)19)4-5-12(11)14/h4-5,9H,2-3,6-8H2,1H3,(H,15,17). The van der Waals surface area contributed by atoms with E-state index in [0.717, 1.165) is 31.0 Å². The number of halogens is 1. The largest absolute Gasteiger partial charge is 0.380 e. The number of amides is 1. The van der Waals surface area contributed by atoms with Crippen molar-refractivity contribution in [3.63, 3.8) is 0 Å². The van der Waals surface area contributed by atoms with Crippen LogP contribution in [0.2, 0.25) is 0 Å². The highest BCUT2D eigenvalue weighted by molar-refractivity contribution is 5.95. The quantitative estimate of drug-likeness (QED) is 0.451. The highest BCUT2D eigenvalue weighted by Crippen LogP contribution is 2.16. The molecule has 0 radical (unpaired) electrons. The number of hydrogen-bond acceptors (Lipinski definition) is 4. The fourth-order valence-electron chi connectivity index (χ4n) is 1.48. The van der Waals surface area contributed by atoms with Gasteiger partial charge in [0.05, 0.1) is 17.1 Å². The molecule has 0 aliphatic carbocycles. The Hall–Kier alpha value is -2.02. The van der Waals surface area contributed by atoms with E-state index in [1.54, 1.807) is 0 Å². The van der Waals surface area contributed by atoms with Crippen molar-refractivity contribution < 1.29 is 18.8 Å². The number of unbranched alkanes of at least 4 members (excludes halogenated alkanes) is 1. The lowest BCUT2D eigenvalue weighted by Crippen LogP contribution is -2.28. The van der Waals surface area contributed by atoms with Gasteiger partial charge in [-0.1, -0.05) is 13.3 Å². The summed E-state index contributed by atoms with van der Waals surface area (Å²) in [6.07, 6.45) is 1.96. The van der Waals surface area contributed by atoms with Crippen molar-refractivity contribution in [1.82, 2.24) is 5.32 Å². The molecule has 1 aromatic rings. The summed E-state index contributed by atoms with van der Waals surface area (Å²) in [5.41, 5.74) is -0.663. The van der Waals surface area contributed by atoms with Crippen LogP contribution in [0.3, 0.4) is 0 Å². The van der Waals surface area contributed by atoms with Gasteiger partial charge in [0, 0.05) is 25.3 Å². The van der Waals surface area contributed by atoms with Crippen LogP contribution < -0.4 is 5.32 Å². The molecule has 0 fully saturated rings. The molecule has 1 N–H and O–H groups in total. The van der Waals surface area contributed by atoms with E-state index in [2.05, 4.69) is 5.32 Å². The van der Waals surface area contributed by atoms with E-state index < -0.39 is 16.6 Å². The molecule has 6 nitrogen and oxygen atoms in total. The molecule has 0 aliphatic heterocycles. The first-order valence-corrected chi connectivity index (χ1v) is 6.36. The Bertz CT molecular complexity index is 479. The average Bonchev–Trinajstić information content (AvgIpc) is 2.42. The predicted octanol–water partition coefficient (Wildman–Crippen LogP) is 2.28. The molecule has 0 spiro atoms. The van der Waals surface area contributed by atoms with Crippen molar-refractivity contribution in [1.29, 1.82) is 0 Å². The first-order chi connectivity index (χ1) is 9.56. The first kappa shape index (κ1) is 16.0. The van der Waals surface area contributed by atoms with Crippen LogP contribution in [0.25, 0.3) is 0 Å². The summed E-state index contributed by atoms with van der Waals surface area (Å²) in [4.78, 5) is 21.6. The number of benzene rings is 1. The number of nitro groups is 1. The minimum atomic E-state index is -0.792. The van der Waals surface area contributed by atoms with Gasteiger partial charge in [-0.2, -0.15) is 0 Å². The maximum absolute atomic E-state index is 13.4. The minimum Gasteiger partial charge on any atom is -0.380 e. The van der Waals surface area contributed by atoms with E-state index in [1.807, 2.05) is 6.92 Å². The lowest BCUT2D eigenvalue weighted by atomic mass is 10.1. The summed E-state index contributed by atoms with van der Waals surface area (Å²) in [5.74, 6) is -1.48. The Balaban J connectivity index is 2.50. The molecule has 1 amide bonds. The Morgan fingerprint density at radius 1 is 1.45 bits per heavy atom. The summed E-state index contributed by atoms with van der Waals surface area (Å²) >= 11 is 0. The van der Waals surface area contributed by atoms with Crippen LogP contribution in [-0.4, -0.2) is 30.6 Å². The van der Waals surface area contributed by atoms with E-state index in [0.29, 0.717) is 13.2 Å². The van der Waals surface area contributed by atoms with E-state index >= 15 is 0 Å². The lowest BCUT2D eigenvalue weighted by Gasteiger charge is -2.06. The number of nitro benzene ring substituents is 1. The van der Waals surface area contributed by atoms with Gasteiger partial charge >= 0.3 is 0 Å². The summed E-state index contributed by atoms with van der Waals surface area (Å²) in [6, 6.07) is 2.84. The third kappa shape index (κ3) is 4.93. The van der Waals surface area contributed by atoms with Gasteiger partial charge in [0.2, 0.25) is 0 Å². The van der Waals surface area contributed by atoms with Gasteiger partial charge in [0.1, 0.15) is 5.82 Å². The number of non-ortho nitro benzene ring substituents is 1. The minimum absolute atomic E-state index is 0.227. The third-order valence-corrected chi connectivity index (χ3v) is 2.58. The molecular formula is C13H17FN2O4. The fraction of sp³-hybridized carbons (Fsp3) is 0.462. The van der Waals surface area contributed by atoms with Gasteiger partial charge in [0.25, 0.3) is 11.6 Å². The maximum atomic E-state index is 13.4. The van der Waals surface area contributed by atoms with Crippen molar-refractivity contribution in [3.05, 3.63) is 39.7 Å². The average molecular weight is 284 g/mol. The molecule has 0 atom stereocenters. The zero-order valence-corrected chi connectivity index (χ0v) is 11.2. The molecular weight excluding hydrogens is 267 g/mol. The summed E-state index contributed by atoms with van der Waals surface area (Å²) < 4.78 is 18.7. The van der Waals surface area contributed by atoms with E-state index in [9.17, 15) is 19.3 Å². The number of nitrogens with zero attached hydrogens (tertiary/aromatic N) is 1. The smallest absolute Gasteiger partial charge is 0.270 e. The normalized spacial score (nSPS) is 10.3. The van der Waals surface area contributed by atoms with Crippen LogP contribution in [0.1, 0.15) is 30.1 Å². The molecule has 20 heavy (non-hydrogen) atoms. The van der Waals surface area contributed by atoms with Crippen LogP contribution in [0.4, 0.5) is 10.1 Å². The summed E-state index contributed by atoms with van der Waals surface area (Å²) in [7, 11) is 0. The number of nitrogens with one attached hydrogen (secondary N) is 1. The van der Waals surface area contributed by atoms with E-state index in [4.69, 9.17) is 4.74 Å². The second-order valence-corrected chi connectivity index (χ2v) is 4.14. The number of hydrogen-bond donors (Lipinski definition) is 1. The second kappa shape index (κ2) is 8.21. The molecule has 0 heterocycles. The predicted molar refractivity (Wildman–Crippen MR) is 71.1 cm³/mol. The molecule has 1 rings (SSSR count). The highest BCUT2D eigenvalue weighted by Gasteiger charge is 2.16. The summed E-state index contributed by atoms with van der Waals surface area (Å²) in [5, 5.41) is 13.0. The molecule has 7 heteroatoms. The van der Waals surface area contributed by atoms with Crippen molar-refractivity contribution in [2.24, 2.45) is 0 Å². The second-order valence-electron chi connectivity index (χ2n) is 4.14. The van der Waals surface area contributed by atoms with Crippen LogP contribution in [0.5, 0.6) is 0 Å². The van der Waals surface area contributed by atoms with Crippen LogP contribution >= 0.6 is 0 Å². The molecule has 0 bridgehead atoms. The van der Waals surface area contributed by atoms with Gasteiger partial charge in [0.15, 0.2) is 0 Å². The number of ether oxygens (including phenoxy) is 1. The SMILES string of the molecule is CCCCOCCNC(=O)c1cc([N+](=O)[O-])ccc1F. The topological polar surface area (TPSA) is 81.5 Å². The van der Waals surface area contributed by atoms with E-state index in [1.165, 1.54) is 0 Å². The van der Waals surface area contributed by atoms with Crippen molar-refractivity contribution in [3.8, 4) is 0 Å². The van der Waals surface area contributed by atoms with Gasteiger partial charge < -0.3 is 10.1 Å². The monoisotopic (exact) mass is 284 g/mol. The molecule has 0 saturated heterocycles. The lowest BCUT2D eigenvalue weighted by molar-refractivity contribution is -0.384. The fourth-order valence-corrected chi connectivity index (χ4v) is 1.48. The number of carbonyl (C=O) groups is 1. The Kier molecular flexibility index (Phi) is 6.58. The molecule has 0 aliphatic rings. The molecule has 0 aromatic heterocycles. The Morgan fingerprint density at radius 3 is 2.85 bits per heavy atom. The number of rotatable bonds is 8. The van der Waals surface area contributed by atoms with Gasteiger partial charge in [-0.05, 0) is 12.5 Å². The zero-order valence-electron chi connectivity index (χ0n) is 11.2. The molecule has 1 aromatic carbocycles. The highest BCUT2D eigenvalue weighted by atomic mass is 19.1. The molecule has 0 unspecified atom stereocenters. The van der Waals surface area contributed by atoms with Crippen LogP contribution in [-0.2, 0) is 4.74 Å². The van der Waals surface area contributed by atoms with Gasteiger partial charge in [-0.3, -0.25) is 14.9 Å². The van der Waals surface area contributed by atoms with Crippen molar-refractivity contribution in [2.75, 3.05) is 19.8 Å². The maximum Gasteiger partial charge on any atom is 0.270 e. The zero-order chi connectivity index (χ0) is 15.0. The van der Waals surface area contributed by atoms with Crippen LogP contribution in [0, 0.1) is 15.9 Å². The third-order valence-electron chi connectivity index (χ3n) is 2.58. The Morgan fingerprint density at radius 2 is 2.20 bits per heavy atom. The summed E-state index contributed by atoms with van der Waals surface area (Å²) in [6.45, 7) is 3.20.